The normalized spacial score (nSPS) is 13.8. The third kappa shape index (κ3) is 6.92. The number of nitrogens with one attached hydrogen (secondary N) is 3. The molecule has 0 atom stereocenters. The van der Waals surface area contributed by atoms with Crippen LogP contribution in [-0.2, 0) is 9.59 Å². The average Bonchev–Trinajstić information content (AvgIpc) is 3.29. The maximum absolute atomic E-state index is 12.2. The molecule has 4 rings (SSSR count). The Morgan fingerprint density at radius 2 is 1.84 bits per heavy atom. The van der Waals surface area contributed by atoms with Gasteiger partial charge in [0.1, 0.15) is 0 Å². The number of aryl methyl sites for hydroxylation is 1. The number of methoxy groups -OCH3 is 1. The van der Waals surface area contributed by atoms with Crippen LogP contribution < -0.4 is 20.3 Å². The van der Waals surface area contributed by atoms with Gasteiger partial charge in [0.05, 0.1) is 13.7 Å². The summed E-state index contributed by atoms with van der Waals surface area (Å²) in [5.41, 5.74) is 1.64. The molecular formula is C25H33N9O3S. The molecule has 2 aromatic heterocycles. The number of H-pyrrole nitrogens is 1. The Hall–Kier alpha value is -3.84. The predicted octanol–water partition coefficient (Wildman–Crippen LogP) is 2.58. The van der Waals surface area contributed by atoms with Gasteiger partial charge in [-0.1, -0.05) is 0 Å². The Kier molecular flexibility index (Phi) is 8.69. The molecule has 0 saturated carbocycles. The third-order valence-corrected chi connectivity index (χ3v) is 6.77. The van der Waals surface area contributed by atoms with E-state index in [1.54, 1.807) is 26.1 Å². The van der Waals surface area contributed by atoms with Gasteiger partial charge in [-0.3, -0.25) is 19.6 Å². The monoisotopic (exact) mass is 539 g/mol. The van der Waals surface area contributed by atoms with Gasteiger partial charge in [-0.2, -0.15) is 5.10 Å². The van der Waals surface area contributed by atoms with Crippen LogP contribution in [0.1, 0.15) is 12.6 Å². The summed E-state index contributed by atoms with van der Waals surface area (Å²) in [4.78, 5) is 40.0. The fourth-order valence-electron chi connectivity index (χ4n) is 3.92. The van der Waals surface area contributed by atoms with Crippen LogP contribution in [0.15, 0.2) is 40.4 Å². The predicted molar refractivity (Wildman–Crippen MR) is 147 cm³/mol. The van der Waals surface area contributed by atoms with Gasteiger partial charge in [0.25, 0.3) is 0 Å². The second kappa shape index (κ2) is 12.1. The maximum atomic E-state index is 12.2. The minimum absolute atomic E-state index is 0.0852. The zero-order valence-electron chi connectivity index (χ0n) is 22.2. The molecular weight excluding hydrogens is 506 g/mol. The van der Waals surface area contributed by atoms with E-state index >= 15 is 0 Å². The van der Waals surface area contributed by atoms with Crippen molar-refractivity contribution in [3.63, 3.8) is 0 Å². The van der Waals surface area contributed by atoms with Crippen LogP contribution in [0.4, 0.5) is 23.1 Å². The zero-order valence-corrected chi connectivity index (χ0v) is 23.1. The molecule has 0 unspecified atom stereocenters. The second-order valence-corrected chi connectivity index (χ2v) is 10.2. The Morgan fingerprint density at radius 3 is 2.42 bits per heavy atom. The minimum atomic E-state index is -0.121. The molecule has 3 aromatic rings. The summed E-state index contributed by atoms with van der Waals surface area (Å²) in [7, 11) is 5.14. The Morgan fingerprint density at radius 1 is 1.13 bits per heavy atom. The number of hydrogen-bond acceptors (Lipinski definition) is 10. The number of anilines is 4. The summed E-state index contributed by atoms with van der Waals surface area (Å²) in [5, 5.41) is 13.8. The van der Waals surface area contributed by atoms with Gasteiger partial charge in [-0.05, 0) is 43.0 Å². The average molecular weight is 540 g/mol. The first-order valence-electron chi connectivity index (χ1n) is 12.2. The summed E-state index contributed by atoms with van der Waals surface area (Å²) in [5.74, 6) is 2.28. The summed E-state index contributed by atoms with van der Waals surface area (Å²) in [6.45, 7) is 6.61. The van der Waals surface area contributed by atoms with Crippen molar-refractivity contribution < 1.29 is 14.3 Å². The number of amides is 2. The molecule has 1 aliphatic rings. The highest BCUT2D eigenvalue weighted by Crippen LogP contribution is 2.38. The first-order chi connectivity index (χ1) is 18.2. The number of nitrogens with zero attached hydrogens (tertiary/aromatic N) is 6. The van der Waals surface area contributed by atoms with Crippen LogP contribution >= 0.6 is 11.8 Å². The summed E-state index contributed by atoms with van der Waals surface area (Å²) in [6, 6.07) is 9.39. The quantitative estimate of drug-likeness (QED) is 0.349. The van der Waals surface area contributed by atoms with E-state index < -0.39 is 0 Å². The minimum Gasteiger partial charge on any atom is -0.490 e. The van der Waals surface area contributed by atoms with Gasteiger partial charge in [0.2, 0.25) is 17.6 Å². The number of rotatable bonds is 9. The number of hydrogen-bond donors (Lipinski definition) is 3. The molecule has 0 aliphatic carbocycles. The van der Waals surface area contributed by atoms with Crippen molar-refractivity contribution in [3.8, 4) is 5.75 Å². The molecule has 1 fully saturated rings. The summed E-state index contributed by atoms with van der Waals surface area (Å²) in [6.07, 6.45) is 0. The highest BCUT2D eigenvalue weighted by molar-refractivity contribution is 7.99. The maximum Gasteiger partial charge on any atom is 0.236 e. The first-order valence-corrected chi connectivity index (χ1v) is 13.0. The van der Waals surface area contributed by atoms with Crippen molar-refractivity contribution in [2.75, 3.05) is 69.5 Å². The molecule has 3 N–H and O–H groups in total. The van der Waals surface area contributed by atoms with Crippen molar-refractivity contribution in [1.82, 2.24) is 30.0 Å². The highest BCUT2D eigenvalue weighted by atomic mass is 32.2. The SMILES string of the molecule is COc1c(Nc2cc(C)[nH]n2)nc(Sc2ccc(NC(C)=O)cc2)nc1N1CCN(CC(=O)N(C)C)CC1. The first kappa shape index (κ1) is 27.2. The van der Waals surface area contributed by atoms with Crippen LogP contribution in [0, 0.1) is 6.92 Å². The lowest BCUT2D eigenvalue weighted by Gasteiger charge is -2.36. The molecule has 0 spiro atoms. The molecule has 2 amide bonds. The lowest BCUT2D eigenvalue weighted by molar-refractivity contribution is -0.130. The number of piperazine rings is 1. The van der Waals surface area contributed by atoms with Crippen LogP contribution in [0.2, 0.25) is 0 Å². The number of aromatic nitrogens is 4. The largest absolute Gasteiger partial charge is 0.490 e. The van der Waals surface area contributed by atoms with Crippen molar-refractivity contribution in [2.45, 2.75) is 23.9 Å². The summed E-state index contributed by atoms with van der Waals surface area (Å²) < 4.78 is 5.80. The van der Waals surface area contributed by atoms with E-state index in [4.69, 9.17) is 14.7 Å². The van der Waals surface area contributed by atoms with E-state index in [2.05, 4.69) is 30.6 Å². The van der Waals surface area contributed by atoms with Gasteiger partial charge in [0.15, 0.2) is 22.6 Å². The molecule has 1 aromatic carbocycles. The fraction of sp³-hybridized carbons (Fsp3) is 0.400. The molecule has 3 heterocycles. The molecule has 1 aliphatic heterocycles. The van der Waals surface area contributed by atoms with E-state index in [9.17, 15) is 9.59 Å². The number of carbonyl (C=O) groups excluding carboxylic acids is 2. The van der Waals surface area contributed by atoms with Crippen LogP contribution in [0.5, 0.6) is 5.75 Å². The van der Waals surface area contributed by atoms with Crippen molar-refractivity contribution in [2.24, 2.45) is 0 Å². The van der Waals surface area contributed by atoms with Gasteiger partial charge >= 0.3 is 0 Å². The second-order valence-electron chi connectivity index (χ2n) is 9.13. The Labute approximate surface area is 226 Å². The van der Waals surface area contributed by atoms with E-state index in [0.29, 0.717) is 48.0 Å². The van der Waals surface area contributed by atoms with Crippen molar-refractivity contribution in [1.29, 1.82) is 0 Å². The Bertz CT molecular complexity index is 1270. The van der Waals surface area contributed by atoms with Crippen molar-refractivity contribution >= 4 is 46.7 Å². The zero-order chi connectivity index (χ0) is 27.2. The molecule has 13 heteroatoms. The lowest BCUT2D eigenvalue weighted by Crippen LogP contribution is -2.49. The van der Waals surface area contributed by atoms with E-state index in [0.717, 1.165) is 29.4 Å². The topological polar surface area (TPSA) is 132 Å². The standard InChI is InChI=1S/C25H33N9O3S/c1-16-14-20(31-30-16)27-23-22(37-5)24(34-12-10-33(11-13-34)15-21(36)32(3)4)29-25(28-23)38-19-8-6-18(7-9-19)26-17(2)35/h6-9,14H,10-13,15H2,1-5H3,(H,26,35)(H2,27,28,29,30,31). The van der Waals surface area contributed by atoms with Gasteiger partial charge < -0.3 is 25.2 Å². The highest BCUT2D eigenvalue weighted by Gasteiger charge is 2.26. The van der Waals surface area contributed by atoms with Crippen molar-refractivity contribution in [3.05, 3.63) is 36.0 Å². The van der Waals surface area contributed by atoms with Crippen LogP contribution in [0.25, 0.3) is 0 Å². The lowest BCUT2D eigenvalue weighted by atomic mass is 10.3. The number of benzene rings is 1. The van der Waals surface area contributed by atoms with Gasteiger partial charge in [0, 0.05) is 69.5 Å². The molecule has 38 heavy (non-hydrogen) atoms. The van der Waals surface area contributed by atoms with Gasteiger partial charge in [-0.25, -0.2) is 9.97 Å². The summed E-state index contributed by atoms with van der Waals surface area (Å²) >= 11 is 1.41. The number of likely N-dealkylation sites (N-methyl/N-ethyl adjacent to an activating group) is 1. The number of carbonyl (C=O) groups is 2. The van der Waals surface area contributed by atoms with E-state index in [-0.39, 0.29) is 11.8 Å². The number of aromatic amines is 1. The smallest absolute Gasteiger partial charge is 0.236 e. The fourth-order valence-corrected chi connectivity index (χ4v) is 4.67. The third-order valence-electron chi connectivity index (χ3n) is 5.90. The Balaban J connectivity index is 1.60. The van der Waals surface area contributed by atoms with Crippen LogP contribution in [-0.4, -0.2) is 95.7 Å². The molecule has 0 bridgehead atoms. The molecule has 0 radical (unpaired) electrons. The molecule has 1 saturated heterocycles. The van der Waals surface area contributed by atoms with E-state index in [1.165, 1.54) is 18.7 Å². The number of ether oxygens (including phenoxy) is 1. The molecule has 12 nitrogen and oxygen atoms in total. The van der Waals surface area contributed by atoms with Gasteiger partial charge in [-0.15, -0.1) is 0 Å². The molecule has 202 valence electrons. The van der Waals surface area contributed by atoms with Crippen LogP contribution in [0.3, 0.4) is 0 Å². The van der Waals surface area contributed by atoms with E-state index in [1.807, 2.05) is 37.3 Å².